The van der Waals surface area contributed by atoms with Crippen LogP contribution in [0.15, 0.2) is 0 Å². The molecule has 0 aromatic carbocycles. The first-order valence-corrected chi connectivity index (χ1v) is 9.77. The molecular weight excluding hydrogens is 270 g/mol. The molecule has 1 atom stereocenters. The van der Waals surface area contributed by atoms with Crippen molar-refractivity contribution in [3.63, 3.8) is 0 Å². The highest BCUT2D eigenvalue weighted by molar-refractivity contribution is 4.89. The summed E-state index contributed by atoms with van der Waals surface area (Å²) in [5.74, 6) is 2.93. The quantitative estimate of drug-likeness (QED) is 0.603. The van der Waals surface area contributed by atoms with Gasteiger partial charge in [0.05, 0.1) is 12.2 Å². The molecule has 0 aliphatic heterocycles. The summed E-state index contributed by atoms with van der Waals surface area (Å²) in [5.41, 5.74) is 0. The van der Waals surface area contributed by atoms with Crippen LogP contribution in [0.1, 0.15) is 84.5 Å². The molecule has 0 radical (unpaired) electrons. The normalized spacial score (nSPS) is 34.0. The second-order valence-corrected chi connectivity index (χ2v) is 7.67. The topological polar surface area (TPSA) is 33.0 Å². The fraction of sp³-hybridized carbons (Fsp3) is 0.950. The zero-order valence-corrected chi connectivity index (χ0v) is 14.7. The molecule has 2 heteroatoms. The maximum absolute atomic E-state index is 9.02. The fourth-order valence-corrected chi connectivity index (χ4v) is 4.53. The van der Waals surface area contributed by atoms with Crippen LogP contribution < -0.4 is 0 Å². The van der Waals surface area contributed by atoms with Gasteiger partial charge in [0.15, 0.2) is 0 Å². The van der Waals surface area contributed by atoms with Gasteiger partial charge in [0, 0.05) is 12.5 Å². The van der Waals surface area contributed by atoms with Crippen LogP contribution in [-0.2, 0) is 4.74 Å². The van der Waals surface area contributed by atoms with Crippen molar-refractivity contribution in [1.29, 1.82) is 5.26 Å². The number of ether oxygens (including phenoxy) is 1. The highest BCUT2D eigenvalue weighted by Crippen LogP contribution is 2.40. The third kappa shape index (κ3) is 5.27. The van der Waals surface area contributed by atoms with Crippen LogP contribution in [0, 0.1) is 35.0 Å². The van der Waals surface area contributed by atoms with Gasteiger partial charge in [-0.05, 0) is 75.5 Å². The Hall–Kier alpha value is -0.550. The molecule has 2 aliphatic carbocycles. The highest BCUT2D eigenvalue weighted by Gasteiger charge is 2.31. The average molecular weight is 306 g/mol. The zero-order chi connectivity index (χ0) is 15.8. The van der Waals surface area contributed by atoms with Crippen LogP contribution in [0.3, 0.4) is 0 Å². The minimum absolute atomic E-state index is 0.348. The second kappa shape index (κ2) is 9.56. The Morgan fingerprint density at radius 2 is 1.55 bits per heavy atom. The van der Waals surface area contributed by atoms with E-state index < -0.39 is 0 Å². The Kier molecular flexibility index (Phi) is 7.73. The fourth-order valence-electron chi connectivity index (χ4n) is 4.53. The van der Waals surface area contributed by atoms with Crippen molar-refractivity contribution in [2.24, 2.45) is 23.7 Å². The van der Waals surface area contributed by atoms with Crippen molar-refractivity contribution < 1.29 is 4.74 Å². The van der Waals surface area contributed by atoms with Crippen LogP contribution in [0.5, 0.6) is 0 Å². The number of nitriles is 1. The third-order valence-corrected chi connectivity index (χ3v) is 6.18. The molecule has 0 amide bonds. The molecule has 2 rings (SSSR count). The monoisotopic (exact) mass is 305 g/mol. The highest BCUT2D eigenvalue weighted by atomic mass is 16.5. The molecule has 2 nitrogen and oxygen atoms in total. The summed E-state index contributed by atoms with van der Waals surface area (Å²) in [4.78, 5) is 0. The minimum Gasteiger partial charge on any atom is -0.378 e. The lowest BCUT2D eigenvalue weighted by molar-refractivity contribution is -0.0108. The van der Waals surface area contributed by atoms with Gasteiger partial charge < -0.3 is 4.74 Å². The zero-order valence-electron chi connectivity index (χ0n) is 14.7. The van der Waals surface area contributed by atoms with Crippen molar-refractivity contribution in [1.82, 2.24) is 0 Å². The summed E-state index contributed by atoms with van der Waals surface area (Å²) in [6.07, 6.45) is 14.5. The summed E-state index contributed by atoms with van der Waals surface area (Å²) in [5, 5.41) is 9.02. The molecule has 2 fully saturated rings. The largest absolute Gasteiger partial charge is 0.378 e. The molecule has 0 spiro atoms. The first-order chi connectivity index (χ1) is 10.8. The van der Waals surface area contributed by atoms with E-state index in [2.05, 4.69) is 19.9 Å². The van der Waals surface area contributed by atoms with E-state index in [4.69, 9.17) is 10.00 Å². The Bertz CT molecular complexity index is 332. The molecule has 0 heterocycles. The first-order valence-electron chi connectivity index (χ1n) is 9.77. The molecule has 0 bridgehead atoms. The lowest BCUT2D eigenvalue weighted by Gasteiger charge is -2.37. The van der Waals surface area contributed by atoms with Gasteiger partial charge in [-0.3, -0.25) is 0 Å². The van der Waals surface area contributed by atoms with Crippen molar-refractivity contribution in [3.8, 4) is 6.07 Å². The number of hydrogen-bond acceptors (Lipinski definition) is 2. The van der Waals surface area contributed by atoms with Crippen LogP contribution in [0.2, 0.25) is 0 Å². The van der Waals surface area contributed by atoms with Gasteiger partial charge in [-0.2, -0.15) is 5.26 Å². The lowest BCUT2D eigenvalue weighted by Crippen LogP contribution is -2.29. The van der Waals surface area contributed by atoms with Crippen LogP contribution in [-0.4, -0.2) is 12.7 Å². The predicted octanol–water partition coefficient (Wildman–Crippen LogP) is 5.72. The number of nitrogens with zero attached hydrogens (tertiary/aromatic N) is 1. The van der Waals surface area contributed by atoms with Gasteiger partial charge in [0.1, 0.15) is 0 Å². The molecule has 2 aliphatic rings. The summed E-state index contributed by atoms with van der Waals surface area (Å²) in [6.45, 7) is 5.54. The molecule has 22 heavy (non-hydrogen) atoms. The van der Waals surface area contributed by atoms with E-state index in [1.165, 1.54) is 57.8 Å². The van der Waals surface area contributed by atoms with E-state index >= 15 is 0 Å². The molecule has 126 valence electrons. The maximum atomic E-state index is 9.02. The molecular formula is C20H35NO. The molecule has 0 N–H and O–H groups in total. The van der Waals surface area contributed by atoms with E-state index in [0.29, 0.717) is 12.0 Å². The van der Waals surface area contributed by atoms with Gasteiger partial charge >= 0.3 is 0 Å². The molecule has 2 saturated carbocycles. The Morgan fingerprint density at radius 1 is 0.955 bits per heavy atom. The average Bonchev–Trinajstić information content (AvgIpc) is 2.59. The third-order valence-electron chi connectivity index (χ3n) is 6.18. The summed E-state index contributed by atoms with van der Waals surface area (Å²) < 4.78 is 6.22. The van der Waals surface area contributed by atoms with Gasteiger partial charge in [0.25, 0.3) is 0 Å². The van der Waals surface area contributed by atoms with Gasteiger partial charge in [-0.15, -0.1) is 0 Å². The predicted molar refractivity (Wildman–Crippen MR) is 91.4 cm³/mol. The summed E-state index contributed by atoms with van der Waals surface area (Å²) in [7, 11) is 0. The van der Waals surface area contributed by atoms with Gasteiger partial charge in [-0.1, -0.05) is 26.7 Å². The molecule has 0 aromatic rings. The van der Waals surface area contributed by atoms with E-state index in [1.54, 1.807) is 0 Å². The smallest absolute Gasteiger partial charge is 0.0655 e. The number of rotatable bonds is 7. The van der Waals surface area contributed by atoms with Gasteiger partial charge in [-0.25, -0.2) is 0 Å². The van der Waals surface area contributed by atoms with Gasteiger partial charge in [0.2, 0.25) is 0 Å². The van der Waals surface area contributed by atoms with Crippen molar-refractivity contribution >= 4 is 0 Å². The van der Waals surface area contributed by atoms with Crippen LogP contribution in [0.25, 0.3) is 0 Å². The van der Waals surface area contributed by atoms with E-state index in [-0.39, 0.29) is 0 Å². The lowest BCUT2D eigenvalue weighted by atomic mass is 9.71. The molecule has 0 saturated heterocycles. The molecule has 0 aromatic heterocycles. The van der Waals surface area contributed by atoms with E-state index in [1.807, 2.05) is 0 Å². The van der Waals surface area contributed by atoms with Crippen molar-refractivity contribution in [2.75, 3.05) is 6.61 Å². The van der Waals surface area contributed by atoms with Crippen molar-refractivity contribution in [3.05, 3.63) is 0 Å². The summed E-state index contributed by atoms with van der Waals surface area (Å²) in [6, 6.07) is 2.46. The van der Waals surface area contributed by atoms with E-state index in [0.717, 1.165) is 37.2 Å². The number of hydrogen-bond donors (Lipinski definition) is 0. The Balaban J connectivity index is 1.64. The Morgan fingerprint density at radius 3 is 2.05 bits per heavy atom. The van der Waals surface area contributed by atoms with Crippen LogP contribution >= 0.6 is 0 Å². The SMILES string of the molecule is CCCC(CC)COC1CCC(C2CCC(C#N)CC2)CC1. The first kappa shape index (κ1) is 17.8. The van der Waals surface area contributed by atoms with Crippen LogP contribution in [0.4, 0.5) is 0 Å². The maximum Gasteiger partial charge on any atom is 0.0655 e. The van der Waals surface area contributed by atoms with E-state index in [9.17, 15) is 0 Å². The second-order valence-electron chi connectivity index (χ2n) is 7.67. The summed E-state index contributed by atoms with van der Waals surface area (Å²) >= 11 is 0. The Labute approximate surface area is 137 Å². The standard InChI is InChI=1S/C20H35NO/c1-3-5-16(4-2)15-22-20-12-10-19(11-13-20)18-8-6-17(14-21)7-9-18/h16-20H,3-13,15H2,1-2H3. The minimum atomic E-state index is 0.348. The molecule has 1 unspecified atom stereocenters. The van der Waals surface area contributed by atoms with Crippen molar-refractivity contribution in [2.45, 2.75) is 90.6 Å².